The van der Waals surface area contributed by atoms with E-state index in [1.165, 1.54) is 20.0 Å². The molecule has 0 heterocycles. The third-order valence-corrected chi connectivity index (χ3v) is 3.43. The van der Waals surface area contributed by atoms with Crippen LogP contribution in [0, 0.1) is 5.82 Å². The van der Waals surface area contributed by atoms with E-state index in [-0.39, 0.29) is 5.82 Å². The highest BCUT2D eigenvalue weighted by molar-refractivity contribution is 9.09. The van der Waals surface area contributed by atoms with Gasteiger partial charge in [-0.3, -0.25) is 4.90 Å². The van der Waals surface area contributed by atoms with Gasteiger partial charge in [0.1, 0.15) is 0 Å². The molecule has 1 fully saturated rings. The van der Waals surface area contributed by atoms with Crippen LogP contribution in [-0.2, 0) is 6.54 Å². The van der Waals surface area contributed by atoms with Crippen LogP contribution in [0.4, 0.5) is 4.39 Å². The van der Waals surface area contributed by atoms with E-state index in [2.05, 4.69) is 20.8 Å². The van der Waals surface area contributed by atoms with E-state index in [0.717, 1.165) is 17.4 Å². The largest absolute Gasteiger partial charge is 0.494 e. The Morgan fingerprint density at radius 2 is 2.24 bits per heavy atom. The van der Waals surface area contributed by atoms with Gasteiger partial charge in [0.25, 0.3) is 0 Å². The molecule has 0 N–H and O–H groups in total. The fourth-order valence-corrected chi connectivity index (χ4v) is 2.45. The molecule has 17 heavy (non-hydrogen) atoms. The number of methoxy groups -OCH3 is 1. The molecule has 0 unspecified atom stereocenters. The Kier molecular flexibility index (Phi) is 4.40. The van der Waals surface area contributed by atoms with Gasteiger partial charge in [0, 0.05) is 30.0 Å². The molecule has 1 aliphatic rings. The summed E-state index contributed by atoms with van der Waals surface area (Å²) in [7, 11) is 1.50. The molecule has 1 aromatic carbocycles. The molecule has 94 valence electrons. The Labute approximate surface area is 110 Å². The fraction of sp³-hybridized carbons (Fsp3) is 0.538. The maximum atomic E-state index is 14.0. The molecule has 1 aromatic rings. The molecule has 0 atom stereocenters. The lowest BCUT2D eigenvalue weighted by molar-refractivity contribution is 0.266. The van der Waals surface area contributed by atoms with Gasteiger partial charge in [0.2, 0.25) is 0 Å². The van der Waals surface area contributed by atoms with E-state index in [1.807, 2.05) is 12.1 Å². The lowest BCUT2D eigenvalue weighted by atomic mass is 10.2. The normalized spacial score (nSPS) is 15.3. The van der Waals surface area contributed by atoms with Crippen LogP contribution in [-0.4, -0.2) is 29.9 Å². The minimum Gasteiger partial charge on any atom is -0.494 e. The summed E-state index contributed by atoms with van der Waals surface area (Å²) in [5.41, 5.74) is 0.720. The van der Waals surface area contributed by atoms with Gasteiger partial charge in [-0.25, -0.2) is 4.39 Å². The van der Waals surface area contributed by atoms with Crippen LogP contribution >= 0.6 is 15.9 Å². The first-order valence-electron chi connectivity index (χ1n) is 5.87. The van der Waals surface area contributed by atoms with Gasteiger partial charge in [-0.1, -0.05) is 28.1 Å². The number of alkyl halides is 1. The van der Waals surface area contributed by atoms with E-state index in [1.54, 1.807) is 6.07 Å². The Bertz CT molecular complexity index is 382. The van der Waals surface area contributed by atoms with Crippen LogP contribution in [0.1, 0.15) is 18.4 Å². The van der Waals surface area contributed by atoms with Crippen LogP contribution in [0.2, 0.25) is 0 Å². The first-order chi connectivity index (χ1) is 8.26. The van der Waals surface area contributed by atoms with E-state index in [0.29, 0.717) is 18.3 Å². The Morgan fingerprint density at radius 3 is 2.82 bits per heavy atom. The van der Waals surface area contributed by atoms with Crippen molar-refractivity contribution in [1.29, 1.82) is 0 Å². The zero-order valence-corrected chi connectivity index (χ0v) is 11.5. The average Bonchev–Trinajstić information content (AvgIpc) is 3.15. The summed E-state index contributed by atoms with van der Waals surface area (Å²) in [6.45, 7) is 1.63. The predicted molar refractivity (Wildman–Crippen MR) is 70.2 cm³/mol. The molecular formula is C13H17BrFNO. The minimum absolute atomic E-state index is 0.227. The number of nitrogens with zero attached hydrogens (tertiary/aromatic N) is 1. The van der Waals surface area contributed by atoms with Gasteiger partial charge in [0.15, 0.2) is 11.6 Å². The minimum atomic E-state index is -0.227. The number of halogens is 2. The average molecular weight is 302 g/mol. The van der Waals surface area contributed by atoms with E-state index < -0.39 is 0 Å². The van der Waals surface area contributed by atoms with Crippen molar-refractivity contribution in [3.05, 3.63) is 29.6 Å². The van der Waals surface area contributed by atoms with Crippen molar-refractivity contribution in [1.82, 2.24) is 4.90 Å². The summed E-state index contributed by atoms with van der Waals surface area (Å²) in [5.74, 6) is 0.104. The van der Waals surface area contributed by atoms with Crippen LogP contribution in [0.5, 0.6) is 5.75 Å². The zero-order valence-electron chi connectivity index (χ0n) is 9.96. The van der Waals surface area contributed by atoms with Crippen LogP contribution in [0.25, 0.3) is 0 Å². The zero-order chi connectivity index (χ0) is 12.3. The summed E-state index contributed by atoms with van der Waals surface area (Å²) in [6.07, 6.45) is 2.47. The van der Waals surface area contributed by atoms with Gasteiger partial charge in [-0.2, -0.15) is 0 Å². The Balaban J connectivity index is 2.10. The summed E-state index contributed by atoms with van der Waals surface area (Å²) in [5, 5.41) is 0.926. The van der Waals surface area contributed by atoms with Crippen molar-refractivity contribution < 1.29 is 9.13 Å². The first-order valence-corrected chi connectivity index (χ1v) is 6.99. The second-order valence-corrected chi connectivity index (χ2v) is 5.12. The first kappa shape index (κ1) is 12.8. The quantitative estimate of drug-likeness (QED) is 0.748. The van der Waals surface area contributed by atoms with Gasteiger partial charge >= 0.3 is 0 Å². The summed E-state index contributed by atoms with van der Waals surface area (Å²) in [4.78, 5) is 2.33. The van der Waals surface area contributed by atoms with Gasteiger partial charge in [-0.05, 0) is 18.9 Å². The maximum absolute atomic E-state index is 14.0. The molecule has 1 saturated carbocycles. The molecule has 0 bridgehead atoms. The third kappa shape index (κ3) is 3.19. The molecule has 0 saturated heterocycles. The molecule has 2 rings (SSSR count). The maximum Gasteiger partial charge on any atom is 0.169 e. The van der Waals surface area contributed by atoms with Crippen LogP contribution < -0.4 is 4.74 Å². The SMILES string of the molecule is COc1cccc(CN(CCBr)C2CC2)c1F. The summed E-state index contributed by atoms with van der Waals surface area (Å²) < 4.78 is 19.0. The number of ether oxygens (including phenoxy) is 1. The van der Waals surface area contributed by atoms with E-state index >= 15 is 0 Å². The lowest BCUT2D eigenvalue weighted by Crippen LogP contribution is -2.28. The van der Waals surface area contributed by atoms with Crippen molar-refractivity contribution >= 4 is 15.9 Å². The molecule has 0 spiro atoms. The van der Waals surface area contributed by atoms with Crippen molar-refractivity contribution in [2.45, 2.75) is 25.4 Å². The van der Waals surface area contributed by atoms with Gasteiger partial charge in [-0.15, -0.1) is 0 Å². The molecular weight excluding hydrogens is 285 g/mol. The van der Waals surface area contributed by atoms with Gasteiger partial charge < -0.3 is 4.74 Å². The van der Waals surface area contributed by atoms with Crippen LogP contribution in [0.3, 0.4) is 0 Å². The highest BCUT2D eigenvalue weighted by Crippen LogP contribution is 2.29. The predicted octanol–water partition coefficient (Wildman–Crippen LogP) is 3.19. The van der Waals surface area contributed by atoms with Crippen LogP contribution in [0.15, 0.2) is 18.2 Å². The second-order valence-electron chi connectivity index (χ2n) is 4.32. The van der Waals surface area contributed by atoms with Gasteiger partial charge in [0.05, 0.1) is 7.11 Å². The second kappa shape index (κ2) is 5.83. The molecule has 0 radical (unpaired) electrons. The monoisotopic (exact) mass is 301 g/mol. The smallest absolute Gasteiger partial charge is 0.169 e. The molecule has 4 heteroatoms. The van der Waals surface area contributed by atoms with Crippen molar-refractivity contribution in [2.75, 3.05) is 19.0 Å². The van der Waals surface area contributed by atoms with E-state index in [9.17, 15) is 4.39 Å². The molecule has 2 nitrogen and oxygen atoms in total. The number of hydrogen-bond acceptors (Lipinski definition) is 2. The lowest BCUT2D eigenvalue weighted by Gasteiger charge is -2.21. The summed E-state index contributed by atoms with van der Waals surface area (Å²) >= 11 is 3.45. The Hall–Kier alpha value is -0.610. The highest BCUT2D eigenvalue weighted by Gasteiger charge is 2.29. The summed E-state index contributed by atoms with van der Waals surface area (Å²) in [6, 6.07) is 5.97. The molecule has 0 aromatic heterocycles. The van der Waals surface area contributed by atoms with Crippen molar-refractivity contribution in [2.24, 2.45) is 0 Å². The number of rotatable bonds is 6. The Morgan fingerprint density at radius 1 is 1.47 bits per heavy atom. The van der Waals surface area contributed by atoms with Crippen molar-refractivity contribution in [3.8, 4) is 5.75 Å². The third-order valence-electron chi connectivity index (χ3n) is 3.07. The number of hydrogen-bond donors (Lipinski definition) is 0. The standard InChI is InChI=1S/C13H17BrFNO/c1-17-12-4-2-3-10(13(12)15)9-16(8-7-14)11-5-6-11/h2-4,11H,5-9H2,1H3. The number of benzene rings is 1. The van der Waals surface area contributed by atoms with Crippen molar-refractivity contribution in [3.63, 3.8) is 0 Å². The molecule has 0 aliphatic heterocycles. The fourth-order valence-electron chi connectivity index (χ4n) is 1.99. The van der Waals surface area contributed by atoms with E-state index in [4.69, 9.17) is 4.74 Å². The highest BCUT2D eigenvalue weighted by atomic mass is 79.9. The molecule has 0 amide bonds. The molecule has 1 aliphatic carbocycles. The topological polar surface area (TPSA) is 12.5 Å².